The Bertz CT molecular complexity index is 135. The smallest absolute Gasteiger partial charge is 0.0464 e. The summed E-state index contributed by atoms with van der Waals surface area (Å²) in [6.07, 6.45) is 9.88. The maximum Gasteiger partial charge on any atom is 0.0464 e. The van der Waals surface area contributed by atoms with Gasteiger partial charge in [0.25, 0.3) is 0 Å². The fraction of sp³-hybridized carbons (Fsp3) is 0.556. The van der Waals surface area contributed by atoms with E-state index in [-0.39, 0.29) is 0 Å². The average molecular weight is 137 g/mol. The molecule has 0 spiro atoms. The standard InChI is InChI=1S/C9H15N/c1-3-8-10(2)9-6-4-5-7-9/h4-7,9H,3,8H2,1-2H3. The fourth-order valence-electron chi connectivity index (χ4n) is 1.22. The Morgan fingerprint density at radius 1 is 1.30 bits per heavy atom. The van der Waals surface area contributed by atoms with E-state index in [9.17, 15) is 0 Å². The van der Waals surface area contributed by atoms with Crippen LogP contribution < -0.4 is 0 Å². The molecule has 1 nitrogen and oxygen atoms in total. The molecule has 0 saturated carbocycles. The van der Waals surface area contributed by atoms with Gasteiger partial charge in [-0.1, -0.05) is 31.2 Å². The van der Waals surface area contributed by atoms with Crippen molar-refractivity contribution in [2.45, 2.75) is 19.4 Å². The van der Waals surface area contributed by atoms with Gasteiger partial charge in [-0.25, -0.2) is 0 Å². The third kappa shape index (κ3) is 1.71. The lowest BCUT2D eigenvalue weighted by atomic mass is 10.3. The van der Waals surface area contributed by atoms with E-state index in [1.165, 1.54) is 13.0 Å². The molecule has 0 radical (unpaired) electrons. The zero-order valence-corrected chi connectivity index (χ0v) is 6.75. The van der Waals surface area contributed by atoms with Gasteiger partial charge in [0.1, 0.15) is 0 Å². The Morgan fingerprint density at radius 3 is 2.40 bits per heavy atom. The number of rotatable bonds is 3. The van der Waals surface area contributed by atoms with Gasteiger partial charge in [0.2, 0.25) is 0 Å². The van der Waals surface area contributed by atoms with Crippen molar-refractivity contribution >= 4 is 0 Å². The molecule has 0 heterocycles. The minimum atomic E-state index is 0.556. The van der Waals surface area contributed by atoms with Crippen molar-refractivity contribution < 1.29 is 0 Å². The first-order valence-corrected chi connectivity index (χ1v) is 3.90. The van der Waals surface area contributed by atoms with Crippen LogP contribution in [0.25, 0.3) is 0 Å². The second-order valence-corrected chi connectivity index (χ2v) is 2.74. The highest BCUT2D eigenvalue weighted by atomic mass is 15.1. The lowest BCUT2D eigenvalue weighted by Gasteiger charge is -2.19. The largest absolute Gasteiger partial charge is 0.296 e. The Hall–Kier alpha value is -0.560. The van der Waals surface area contributed by atoms with Crippen molar-refractivity contribution in [3.8, 4) is 0 Å². The summed E-state index contributed by atoms with van der Waals surface area (Å²) in [5.74, 6) is 0. The van der Waals surface area contributed by atoms with Gasteiger partial charge >= 0.3 is 0 Å². The highest BCUT2D eigenvalue weighted by Gasteiger charge is 2.07. The quantitative estimate of drug-likeness (QED) is 0.573. The predicted molar refractivity (Wildman–Crippen MR) is 45.0 cm³/mol. The summed E-state index contributed by atoms with van der Waals surface area (Å²) < 4.78 is 0. The maximum absolute atomic E-state index is 2.35. The van der Waals surface area contributed by atoms with Crippen LogP contribution in [0.5, 0.6) is 0 Å². The molecule has 1 rings (SSSR count). The minimum absolute atomic E-state index is 0.556. The monoisotopic (exact) mass is 137 g/mol. The van der Waals surface area contributed by atoms with Crippen molar-refractivity contribution in [2.75, 3.05) is 13.6 Å². The molecule has 0 aromatic heterocycles. The van der Waals surface area contributed by atoms with Gasteiger partial charge in [-0.05, 0) is 20.0 Å². The van der Waals surface area contributed by atoms with Crippen molar-refractivity contribution in [3.05, 3.63) is 24.3 Å². The lowest BCUT2D eigenvalue weighted by molar-refractivity contribution is 0.321. The maximum atomic E-state index is 2.35. The van der Waals surface area contributed by atoms with E-state index in [0.717, 1.165) is 0 Å². The van der Waals surface area contributed by atoms with Crippen molar-refractivity contribution in [1.29, 1.82) is 0 Å². The summed E-state index contributed by atoms with van der Waals surface area (Å²) in [4.78, 5) is 2.35. The summed E-state index contributed by atoms with van der Waals surface area (Å²) in [5.41, 5.74) is 0. The molecule has 1 aliphatic carbocycles. The SMILES string of the molecule is CCCN(C)C1C=CC=C1. The number of hydrogen-bond donors (Lipinski definition) is 0. The zero-order valence-electron chi connectivity index (χ0n) is 6.75. The molecular formula is C9H15N. The van der Waals surface area contributed by atoms with E-state index < -0.39 is 0 Å². The lowest BCUT2D eigenvalue weighted by Crippen LogP contribution is -2.27. The molecule has 56 valence electrons. The van der Waals surface area contributed by atoms with Crippen LogP contribution in [0.15, 0.2) is 24.3 Å². The van der Waals surface area contributed by atoms with Crippen LogP contribution in [-0.4, -0.2) is 24.5 Å². The van der Waals surface area contributed by atoms with E-state index in [1.54, 1.807) is 0 Å². The highest BCUT2D eigenvalue weighted by Crippen LogP contribution is 2.06. The molecule has 1 aliphatic rings. The first-order valence-electron chi connectivity index (χ1n) is 3.90. The van der Waals surface area contributed by atoms with Crippen LogP contribution in [0.3, 0.4) is 0 Å². The summed E-state index contributed by atoms with van der Waals surface area (Å²) >= 11 is 0. The van der Waals surface area contributed by atoms with Crippen LogP contribution in [0.4, 0.5) is 0 Å². The van der Waals surface area contributed by atoms with Gasteiger partial charge in [0.05, 0.1) is 0 Å². The summed E-state index contributed by atoms with van der Waals surface area (Å²) in [6.45, 7) is 3.39. The summed E-state index contributed by atoms with van der Waals surface area (Å²) in [7, 11) is 2.16. The fourth-order valence-corrected chi connectivity index (χ4v) is 1.22. The third-order valence-electron chi connectivity index (χ3n) is 1.81. The van der Waals surface area contributed by atoms with Gasteiger partial charge in [-0.15, -0.1) is 0 Å². The first-order chi connectivity index (χ1) is 4.84. The predicted octanol–water partition coefficient (Wildman–Crippen LogP) is 1.82. The Labute approximate surface area is 63.0 Å². The number of likely N-dealkylation sites (N-methyl/N-ethyl adjacent to an activating group) is 1. The van der Waals surface area contributed by atoms with Crippen LogP contribution in [0.2, 0.25) is 0 Å². The van der Waals surface area contributed by atoms with Crippen molar-refractivity contribution in [2.24, 2.45) is 0 Å². The molecule has 1 heteroatoms. The van der Waals surface area contributed by atoms with E-state index in [1.807, 2.05) is 0 Å². The molecular weight excluding hydrogens is 122 g/mol. The second-order valence-electron chi connectivity index (χ2n) is 2.74. The molecule has 0 aliphatic heterocycles. The third-order valence-corrected chi connectivity index (χ3v) is 1.81. The molecule has 0 fully saturated rings. The normalized spacial score (nSPS) is 17.5. The van der Waals surface area contributed by atoms with Crippen LogP contribution in [0, 0.1) is 0 Å². The van der Waals surface area contributed by atoms with Gasteiger partial charge in [0, 0.05) is 6.04 Å². The van der Waals surface area contributed by atoms with Crippen molar-refractivity contribution in [1.82, 2.24) is 4.90 Å². The zero-order chi connectivity index (χ0) is 7.40. The minimum Gasteiger partial charge on any atom is -0.296 e. The van der Waals surface area contributed by atoms with Crippen molar-refractivity contribution in [3.63, 3.8) is 0 Å². The summed E-state index contributed by atoms with van der Waals surface area (Å²) in [5, 5.41) is 0. The van der Waals surface area contributed by atoms with Crippen LogP contribution in [0.1, 0.15) is 13.3 Å². The molecule has 10 heavy (non-hydrogen) atoms. The molecule has 0 amide bonds. The number of nitrogens with zero attached hydrogens (tertiary/aromatic N) is 1. The molecule has 0 aromatic rings. The van der Waals surface area contributed by atoms with E-state index >= 15 is 0 Å². The molecule has 0 unspecified atom stereocenters. The van der Waals surface area contributed by atoms with Crippen LogP contribution >= 0.6 is 0 Å². The molecule has 0 N–H and O–H groups in total. The molecule has 0 atom stereocenters. The topological polar surface area (TPSA) is 3.24 Å². The Morgan fingerprint density at radius 2 is 1.90 bits per heavy atom. The van der Waals surface area contributed by atoms with Gasteiger partial charge in [-0.3, -0.25) is 4.90 Å². The highest BCUT2D eigenvalue weighted by molar-refractivity contribution is 5.21. The summed E-state index contributed by atoms with van der Waals surface area (Å²) in [6, 6.07) is 0.556. The van der Waals surface area contributed by atoms with E-state index in [2.05, 4.69) is 43.2 Å². The molecule has 0 aromatic carbocycles. The Balaban J connectivity index is 2.33. The average Bonchev–Trinajstić information content (AvgIpc) is 2.38. The van der Waals surface area contributed by atoms with Gasteiger partial charge in [-0.2, -0.15) is 0 Å². The van der Waals surface area contributed by atoms with E-state index in [4.69, 9.17) is 0 Å². The van der Waals surface area contributed by atoms with Gasteiger partial charge < -0.3 is 0 Å². The molecule has 0 saturated heterocycles. The number of hydrogen-bond acceptors (Lipinski definition) is 1. The van der Waals surface area contributed by atoms with E-state index in [0.29, 0.717) is 6.04 Å². The first kappa shape index (κ1) is 7.55. The number of allylic oxidation sites excluding steroid dienone is 2. The second kappa shape index (κ2) is 3.57. The Kier molecular flexibility index (Phi) is 2.69. The van der Waals surface area contributed by atoms with Crippen LogP contribution in [-0.2, 0) is 0 Å². The van der Waals surface area contributed by atoms with Gasteiger partial charge in [0.15, 0.2) is 0 Å². The molecule has 0 bridgehead atoms.